The van der Waals surface area contributed by atoms with Crippen LogP contribution in [0.3, 0.4) is 0 Å². The molecule has 0 aromatic carbocycles. The van der Waals surface area contributed by atoms with Gasteiger partial charge in [-0.2, -0.15) is 0 Å². The summed E-state index contributed by atoms with van der Waals surface area (Å²) in [6, 6.07) is 0. The van der Waals surface area contributed by atoms with Crippen molar-refractivity contribution in [3.8, 4) is 0 Å². The minimum Gasteiger partial charge on any atom is -0.480 e. The summed E-state index contributed by atoms with van der Waals surface area (Å²) in [5.74, 6) is -0.256. The first-order valence-corrected chi connectivity index (χ1v) is 7.97. The summed E-state index contributed by atoms with van der Waals surface area (Å²) in [7, 11) is 0. The molecule has 2 saturated heterocycles. The second-order valence-electron chi connectivity index (χ2n) is 6.05. The van der Waals surface area contributed by atoms with E-state index in [0.717, 1.165) is 51.8 Å². The van der Waals surface area contributed by atoms with Crippen molar-refractivity contribution < 1.29 is 19.4 Å². The maximum atomic E-state index is 12.2. The Balaban J connectivity index is 1.66. The van der Waals surface area contributed by atoms with Crippen LogP contribution in [0.5, 0.6) is 0 Å². The molecule has 1 amide bonds. The first-order chi connectivity index (χ1) is 10.1. The average molecular weight is 298 g/mol. The third kappa shape index (κ3) is 5.63. The largest absolute Gasteiger partial charge is 0.480 e. The highest BCUT2D eigenvalue weighted by Gasteiger charge is 2.24. The molecule has 0 aromatic rings. The highest BCUT2D eigenvalue weighted by atomic mass is 16.5. The molecule has 2 heterocycles. The van der Waals surface area contributed by atoms with E-state index in [1.807, 2.05) is 4.90 Å². The number of rotatable bonds is 7. The van der Waals surface area contributed by atoms with Gasteiger partial charge in [0.2, 0.25) is 5.91 Å². The van der Waals surface area contributed by atoms with Gasteiger partial charge in [0, 0.05) is 32.7 Å². The molecule has 2 atom stereocenters. The van der Waals surface area contributed by atoms with Gasteiger partial charge in [0.15, 0.2) is 0 Å². The number of ether oxygens (including phenoxy) is 1. The van der Waals surface area contributed by atoms with Gasteiger partial charge in [-0.25, -0.2) is 0 Å². The fourth-order valence-corrected chi connectivity index (χ4v) is 3.16. The molecule has 2 rings (SSSR count). The van der Waals surface area contributed by atoms with Crippen molar-refractivity contribution in [3.63, 3.8) is 0 Å². The number of aliphatic carboxylic acids is 1. The summed E-state index contributed by atoms with van der Waals surface area (Å²) < 4.78 is 5.55. The molecule has 2 aliphatic rings. The van der Waals surface area contributed by atoms with Gasteiger partial charge in [-0.15, -0.1) is 0 Å². The standard InChI is InChI=1S/C15H26N2O4/c18-14(6-5-13-4-2-8-21-13)17-7-1-3-12(11-17)9-16-10-15(19)20/h12-13,16H,1-11H2,(H,19,20). The van der Waals surface area contributed by atoms with E-state index in [9.17, 15) is 9.59 Å². The van der Waals surface area contributed by atoms with Crippen molar-refractivity contribution >= 4 is 11.9 Å². The van der Waals surface area contributed by atoms with E-state index in [2.05, 4.69) is 5.32 Å². The van der Waals surface area contributed by atoms with E-state index in [-0.39, 0.29) is 18.6 Å². The molecule has 0 aromatic heterocycles. The summed E-state index contributed by atoms with van der Waals surface area (Å²) in [5, 5.41) is 11.6. The number of carbonyl (C=O) groups excluding carboxylic acids is 1. The van der Waals surface area contributed by atoms with Crippen molar-refractivity contribution in [1.82, 2.24) is 10.2 Å². The van der Waals surface area contributed by atoms with Crippen LogP contribution in [-0.2, 0) is 14.3 Å². The molecule has 6 nitrogen and oxygen atoms in total. The Hall–Kier alpha value is -1.14. The van der Waals surface area contributed by atoms with Crippen molar-refractivity contribution in [2.45, 2.75) is 44.6 Å². The van der Waals surface area contributed by atoms with Gasteiger partial charge in [-0.05, 0) is 38.0 Å². The lowest BCUT2D eigenvalue weighted by Crippen LogP contribution is -2.43. The lowest BCUT2D eigenvalue weighted by molar-refractivity contribution is -0.136. The molecule has 0 saturated carbocycles. The molecule has 2 fully saturated rings. The number of hydrogen-bond donors (Lipinski definition) is 2. The third-order valence-electron chi connectivity index (χ3n) is 4.29. The van der Waals surface area contributed by atoms with Crippen LogP contribution < -0.4 is 5.32 Å². The Labute approximate surface area is 125 Å². The number of carboxylic acid groups (broad SMARTS) is 1. The molecule has 6 heteroatoms. The average Bonchev–Trinajstić information content (AvgIpc) is 2.98. The Morgan fingerprint density at radius 3 is 2.86 bits per heavy atom. The molecular formula is C15H26N2O4. The van der Waals surface area contributed by atoms with E-state index >= 15 is 0 Å². The van der Waals surface area contributed by atoms with Gasteiger partial charge < -0.3 is 20.1 Å². The number of nitrogens with one attached hydrogen (secondary N) is 1. The highest BCUT2D eigenvalue weighted by Crippen LogP contribution is 2.20. The van der Waals surface area contributed by atoms with E-state index < -0.39 is 5.97 Å². The Morgan fingerprint density at radius 1 is 1.29 bits per heavy atom. The van der Waals surface area contributed by atoms with E-state index in [4.69, 9.17) is 9.84 Å². The summed E-state index contributed by atoms with van der Waals surface area (Å²) >= 11 is 0. The zero-order valence-electron chi connectivity index (χ0n) is 12.6. The van der Waals surface area contributed by atoms with Crippen molar-refractivity contribution in [2.24, 2.45) is 5.92 Å². The zero-order valence-corrected chi connectivity index (χ0v) is 12.6. The predicted octanol–water partition coefficient (Wildman–Crippen LogP) is 0.858. The van der Waals surface area contributed by atoms with Crippen molar-refractivity contribution in [1.29, 1.82) is 0 Å². The molecule has 0 aliphatic carbocycles. The van der Waals surface area contributed by atoms with Crippen LogP contribution in [0.4, 0.5) is 0 Å². The number of carboxylic acids is 1. The number of likely N-dealkylation sites (tertiary alicyclic amines) is 1. The minimum atomic E-state index is -0.838. The monoisotopic (exact) mass is 298 g/mol. The first-order valence-electron chi connectivity index (χ1n) is 7.97. The van der Waals surface area contributed by atoms with Crippen molar-refractivity contribution in [2.75, 3.05) is 32.8 Å². The normalized spacial score (nSPS) is 26.0. The van der Waals surface area contributed by atoms with Crippen LogP contribution in [0.25, 0.3) is 0 Å². The van der Waals surface area contributed by atoms with Gasteiger partial charge in [0.05, 0.1) is 12.6 Å². The second-order valence-corrected chi connectivity index (χ2v) is 6.05. The molecular weight excluding hydrogens is 272 g/mol. The Kier molecular flexibility index (Phi) is 6.45. The summed E-state index contributed by atoms with van der Waals surface area (Å²) in [6.45, 7) is 3.07. The third-order valence-corrected chi connectivity index (χ3v) is 4.29. The molecule has 0 bridgehead atoms. The Morgan fingerprint density at radius 2 is 2.14 bits per heavy atom. The number of nitrogens with zero attached hydrogens (tertiary/aromatic N) is 1. The predicted molar refractivity (Wildman–Crippen MR) is 78.0 cm³/mol. The van der Waals surface area contributed by atoms with Crippen LogP contribution in [0.2, 0.25) is 0 Å². The maximum absolute atomic E-state index is 12.2. The number of carbonyl (C=O) groups is 2. The number of piperidine rings is 1. The maximum Gasteiger partial charge on any atom is 0.317 e. The fraction of sp³-hybridized carbons (Fsp3) is 0.867. The van der Waals surface area contributed by atoms with Crippen LogP contribution >= 0.6 is 0 Å². The fourth-order valence-electron chi connectivity index (χ4n) is 3.16. The van der Waals surface area contributed by atoms with Gasteiger partial charge >= 0.3 is 5.97 Å². The SMILES string of the molecule is O=C(O)CNCC1CCCN(C(=O)CCC2CCCO2)C1. The molecule has 21 heavy (non-hydrogen) atoms. The summed E-state index contributed by atoms with van der Waals surface area (Å²) in [4.78, 5) is 24.7. The van der Waals surface area contributed by atoms with E-state index in [1.165, 1.54) is 0 Å². The summed E-state index contributed by atoms with van der Waals surface area (Å²) in [5.41, 5.74) is 0. The molecule has 120 valence electrons. The van der Waals surface area contributed by atoms with Crippen LogP contribution in [0.15, 0.2) is 0 Å². The van der Waals surface area contributed by atoms with Crippen LogP contribution in [-0.4, -0.2) is 60.8 Å². The molecule has 0 spiro atoms. The first kappa shape index (κ1) is 16.2. The van der Waals surface area contributed by atoms with E-state index in [1.54, 1.807) is 0 Å². The van der Waals surface area contributed by atoms with Crippen LogP contribution in [0, 0.1) is 5.92 Å². The number of hydrogen-bond acceptors (Lipinski definition) is 4. The molecule has 0 radical (unpaired) electrons. The molecule has 2 aliphatic heterocycles. The molecule has 2 unspecified atom stereocenters. The van der Waals surface area contributed by atoms with Gasteiger partial charge in [-0.3, -0.25) is 9.59 Å². The topological polar surface area (TPSA) is 78.9 Å². The quantitative estimate of drug-likeness (QED) is 0.729. The number of amides is 1. The van der Waals surface area contributed by atoms with Gasteiger partial charge in [-0.1, -0.05) is 0 Å². The van der Waals surface area contributed by atoms with Gasteiger partial charge in [0.1, 0.15) is 0 Å². The van der Waals surface area contributed by atoms with Crippen molar-refractivity contribution in [3.05, 3.63) is 0 Å². The highest BCUT2D eigenvalue weighted by molar-refractivity contribution is 5.76. The smallest absolute Gasteiger partial charge is 0.317 e. The molecule has 2 N–H and O–H groups in total. The Bertz CT molecular complexity index is 356. The minimum absolute atomic E-state index is 0.0105. The lowest BCUT2D eigenvalue weighted by atomic mass is 9.97. The zero-order chi connectivity index (χ0) is 15.1. The van der Waals surface area contributed by atoms with E-state index in [0.29, 0.717) is 18.9 Å². The lowest BCUT2D eigenvalue weighted by Gasteiger charge is -2.33. The second kappa shape index (κ2) is 8.34. The van der Waals surface area contributed by atoms with Gasteiger partial charge in [0.25, 0.3) is 0 Å². The van der Waals surface area contributed by atoms with Crippen LogP contribution in [0.1, 0.15) is 38.5 Å². The summed E-state index contributed by atoms with van der Waals surface area (Å²) in [6.07, 6.45) is 5.92.